The number of hydrogen-bond donors (Lipinski definition) is 1. The third-order valence-electron chi connectivity index (χ3n) is 4.13. The largest absolute Gasteiger partial charge is 0.368 e. The molecule has 1 aromatic rings. The van der Waals surface area contributed by atoms with Gasteiger partial charge >= 0.3 is 0 Å². The number of anilines is 1. The van der Waals surface area contributed by atoms with E-state index in [1.807, 2.05) is 12.1 Å². The molecule has 21 heavy (non-hydrogen) atoms. The van der Waals surface area contributed by atoms with E-state index < -0.39 is 0 Å². The zero-order valence-electron chi connectivity index (χ0n) is 13.2. The minimum Gasteiger partial charge on any atom is -0.368 e. The number of nitriles is 1. The van der Waals surface area contributed by atoms with E-state index >= 15 is 0 Å². The van der Waals surface area contributed by atoms with E-state index in [4.69, 9.17) is 5.26 Å². The van der Waals surface area contributed by atoms with Gasteiger partial charge in [0.05, 0.1) is 0 Å². The minimum atomic E-state index is 0.459. The molecule has 5 nitrogen and oxygen atoms in total. The summed E-state index contributed by atoms with van der Waals surface area (Å²) in [5.74, 6) is 1.37. The van der Waals surface area contributed by atoms with E-state index in [2.05, 4.69) is 47.1 Å². The van der Waals surface area contributed by atoms with Gasteiger partial charge in [-0.15, -0.1) is 0 Å². The molecule has 1 atom stereocenters. The third kappa shape index (κ3) is 4.42. The Morgan fingerprint density at radius 2 is 2.00 bits per heavy atom. The molecule has 0 bridgehead atoms. The Bertz CT molecular complexity index is 486. The fourth-order valence-corrected chi connectivity index (χ4v) is 2.74. The lowest BCUT2D eigenvalue weighted by Crippen LogP contribution is -2.52. The predicted octanol–water partition coefficient (Wildman–Crippen LogP) is 1.64. The summed E-state index contributed by atoms with van der Waals surface area (Å²) in [6, 6.07) is 8.09. The predicted molar refractivity (Wildman–Crippen MR) is 85.1 cm³/mol. The van der Waals surface area contributed by atoms with E-state index in [1.54, 1.807) is 6.07 Å². The van der Waals surface area contributed by atoms with Crippen LogP contribution in [0.15, 0.2) is 18.2 Å². The Labute approximate surface area is 127 Å². The van der Waals surface area contributed by atoms with E-state index in [9.17, 15) is 0 Å². The van der Waals surface area contributed by atoms with Crippen molar-refractivity contribution in [2.75, 3.05) is 45.1 Å². The molecule has 0 radical (unpaired) electrons. The number of hydrogen-bond acceptors (Lipinski definition) is 5. The first-order valence-corrected chi connectivity index (χ1v) is 7.63. The van der Waals surface area contributed by atoms with Gasteiger partial charge in [-0.1, -0.05) is 19.9 Å². The molecule has 1 fully saturated rings. The van der Waals surface area contributed by atoms with Crippen LogP contribution >= 0.6 is 0 Å². The number of pyridine rings is 1. The van der Waals surface area contributed by atoms with Crippen molar-refractivity contribution < 1.29 is 0 Å². The van der Waals surface area contributed by atoms with E-state index in [0.29, 0.717) is 17.7 Å². The first-order chi connectivity index (χ1) is 10.1. The van der Waals surface area contributed by atoms with Gasteiger partial charge in [-0.05, 0) is 25.1 Å². The van der Waals surface area contributed by atoms with Crippen LogP contribution in [0.25, 0.3) is 0 Å². The molecule has 0 saturated carbocycles. The average Bonchev–Trinajstić information content (AvgIpc) is 2.49. The maximum atomic E-state index is 8.90. The maximum Gasteiger partial charge on any atom is 0.142 e. The summed E-state index contributed by atoms with van der Waals surface area (Å²) in [6.07, 6.45) is 0. The lowest BCUT2D eigenvalue weighted by molar-refractivity contribution is 0.0944. The number of piperazine rings is 1. The highest BCUT2D eigenvalue weighted by molar-refractivity contribution is 5.38. The van der Waals surface area contributed by atoms with E-state index in [1.165, 1.54) is 0 Å². The summed E-state index contributed by atoms with van der Waals surface area (Å²) in [6.45, 7) is 9.90. The summed E-state index contributed by atoms with van der Waals surface area (Å²) in [5, 5.41) is 12.3. The smallest absolute Gasteiger partial charge is 0.142 e. The highest BCUT2D eigenvalue weighted by atomic mass is 15.3. The van der Waals surface area contributed by atoms with Gasteiger partial charge in [0.1, 0.15) is 17.6 Å². The highest BCUT2D eigenvalue weighted by Gasteiger charge is 2.24. The van der Waals surface area contributed by atoms with Crippen LogP contribution in [-0.2, 0) is 0 Å². The summed E-state index contributed by atoms with van der Waals surface area (Å²) in [5.41, 5.74) is 0.459. The third-order valence-corrected chi connectivity index (χ3v) is 4.13. The first kappa shape index (κ1) is 15.7. The Morgan fingerprint density at radius 3 is 2.62 bits per heavy atom. The number of nitrogens with zero attached hydrogens (tertiary/aromatic N) is 4. The summed E-state index contributed by atoms with van der Waals surface area (Å²) in [7, 11) is 2.18. The monoisotopic (exact) mass is 287 g/mol. The molecule has 2 rings (SSSR count). The van der Waals surface area contributed by atoms with Crippen LogP contribution < -0.4 is 5.32 Å². The SMILES string of the molecule is CC(C)C(CNc1cccc(C#N)n1)N1CCN(C)CC1. The Kier molecular flexibility index (Phi) is 5.54. The summed E-state index contributed by atoms with van der Waals surface area (Å²) >= 11 is 0. The second kappa shape index (κ2) is 7.39. The van der Waals surface area contributed by atoms with Crippen molar-refractivity contribution in [3.63, 3.8) is 0 Å². The number of likely N-dealkylation sites (N-methyl/N-ethyl adjacent to an activating group) is 1. The Hall–Kier alpha value is -1.64. The zero-order valence-corrected chi connectivity index (χ0v) is 13.2. The molecule has 0 aromatic carbocycles. The van der Waals surface area contributed by atoms with Gasteiger partial charge < -0.3 is 10.2 Å². The minimum absolute atomic E-state index is 0.459. The van der Waals surface area contributed by atoms with Crippen molar-refractivity contribution in [1.82, 2.24) is 14.8 Å². The van der Waals surface area contributed by atoms with Crippen molar-refractivity contribution in [1.29, 1.82) is 5.26 Å². The van der Waals surface area contributed by atoms with Crippen LogP contribution in [0.1, 0.15) is 19.5 Å². The van der Waals surface area contributed by atoms with Gasteiger partial charge in [-0.3, -0.25) is 4.90 Å². The van der Waals surface area contributed by atoms with Crippen molar-refractivity contribution in [3.8, 4) is 6.07 Å². The van der Waals surface area contributed by atoms with Crippen LogP contribution in [-0.4, -0.2) is 60.6 Å². The van der Waals surface area contributed by atoms with Crippen molar-refractivity contribution in [2.24, 2.45) is 5.92 Å². The second-order valence-corrected chi connectivity index (χ2v) is 6.05. The number of aromatic nitrogens is 1. The van der Waals surface area contributed by atoms with Crippen LogP contribution in [0.2, 0.25) is 0 Å². The standard InChI is InChI=1S/C16H25N5/c1-13(2)15(21-9-7-20(3)8-10-21)12-18-16-6-4-5-14(11-17)19-16/h4-6,13,15H,7-10,12H2,1-3H3,(H,18,19). The molecule has 1 aliphatic heterocycles. The van der Waals surface area contributed by atoms with Gasteiger partial charge in [0.2, 0.25) is 0 Å². The van der Waals surface area contributed by atoms with Crippen LogP contribution in [0.3, 0.4) is 0 Å². The zero-order chi connectivity index (χ0) is 15.2. The summed E-state index contributed by atoms with van der Waals surface area (Å²) < 4.78 is 0. The number of rotatable bonds is 5. The fourth-order valence-electron chi connectivity index (χ4n) is 2.74. The van der Waals surface area contributed by atoms with Gasteiger partial charge in [-0.25, -0.2) is 4.98 Å². The van der Waals surface area contributed by atoms with Gasteiger partial charge in [0.15, 0.2) is 0 Å². The molecule has 5 heteroatoms. The topological polar surface area (TPSA) is 55.2 Å². The molecule has 1 unspecified atom stereocenters. The van der Waals surface area contributed by atoms with Crippen LogP contribution in [0.5, 0.6) is 0 Å². The van der Waals surface area contributed by atoms with Gasteiger partial charge in [0, 0.05) is 38.8 Å². The molecular weight excluding hydrogens is 262 g/mol. The molecule has 0 amide bonds. The molecule has 114 valence electrons. The van der Waals surface area contributed by atoms with Crippen molar-refractivity contribution >= 4 is 5.82 Å². The molecule has 0 aliphatic carbocycles. The lowest BCUT2D eigenvalue weighted by atomic mass is 10.0. The van der Waals surface area contributed by atoms with Crippen molar-refractivity contribution in [3.05, 3.63) is 23.9 Å². The van der Waals surface area contributed by atoms with Crippen LogP contribution in [0, 0.1) is 17.2 Å². The second-order valence-electron chi connectivity index (χ2n) is 6.05. The molecule has 1 saturated heterocycles. The Morgan fingerprint density at radius 1 is 1.29 bits per heavy atom. The number of nitrogens with one attached hydrogen (secondary N) is 1. The van der Waals surface area contributed by atoms with E-state index in [0.717, 1.165) is 38.5 Å². The quantitative estimate of drug-likeness (QED) is 0.892. The molecule has 0 spiro atoms. The fraction of sp³-hybridized carbons (Fsp3) is 0.625. The molecule has 2 heterocycles. The van der Waals surface area contributed by atoms with Crippen molar-refractivity contribution in [2.45, 2.75) is 19.9 Å². The Balaban J connectivity index is 1.95. The first-order valence-electron chi connectivity index (χ1n) is 7.63. The average molecular weight is 287 g/mol. The summed E-state index contributed by atoms with van der Waals surface area (Å²) in [4.78, 5) is 9.22. The molecule has 1 N–H and O–H groups in total. The molecular formula is C16H25N5. The molecule has 1 aliphatic rings. The molecule has 1 aromatic heterocycles. The maximum absolute atomic E-state index is 8.90. The van der Waals surface area contributed by atoms with Gasteiger partial charge in [0.25, 0.3) is 0 Å². The highest BCUT2D eigenvalue weighted by Crippen LogP contribution is 2.14. The van der Waals surface area contributed by atoms with E-state index in [-0.39, 0.29) is 0 Å². The van der Waals surface area contributed by atoms with Gasteiger partial charge in [-0.2, -0.15) is 5.26 Å². The normalized spacial score (nSPS) is 18.4. The van der Waals surface area contributed by atoms with Crippen LogP contribution in [0.4, 0.5) is 5.82 Å². The lowest BCUT2D eigenvalue weighted by Gasteiger charge is -2.40.